The third-order valence-electron chi connectivity index (χ3n) is 2.79. The van der Waals surface area contributed by atoms with Gasteiger partial charge in [-0.15, -0.1) is 0 Å². The smallest absolute Gasteiger partial charge is 0.120 e. The van der Waals surface area contributed by atoms with Gasteiger partial charge in [-0.05, 0) is 31.4 Å². The Labute approximate surface area is 112 Å². The van der Waals surface area contributed by atoms with Crippen LogP contribution in [0.25, 0.3) is 0 Å². The Morgan fingerprint density at radius 3 is 2.44 bits per heavy atom. The van der Waals surface area contributed by atoms with E-state index >= 15 is 0 Å². The monoisotopic (exact) mass is 264 g/mol. The largest absolute Gasteiger partial charge is 0.303 e. The highest BCUT2D eigenvalue weighted by atomic mass is 32.2. The lowest BCUT2D eigenvalue weighted by atomic mass is 10.1. The average molecular weight is 264 g/mol. The summed E-state index contributed by atoms with van der Waals surface area (Å²) in [6.07, 6.45) is 4.12. The molecule has 2 nitrogen and oxygen atoms in total. The van der Waals surface area contributed by atoms with Crippen LogP contribution in [0.1, 0.15) is 32.3 Å². The summed E-state index contributed by atoms with van der Waals surface area (Å²) in [4.78, 5) is 12.3. The van der Waals surface area contributed by atoms with Crippen molar-refractivity contribution in [2.45, 2.75) is 38.5 Å². The highest BCUT2D eigenvalue weighted by Gasteiger charge is 2.16. The van der Waals surface area contributed by atoms with Crippen molar-refractivity contribution in [1.29, 1.82) is 0 Å². The molecule has 0 bridgehead atoms. The van der Waals surface area contributed by atoms with E-state index in [1.165, 1.54) is 0 Å². The zero-order valence-electron chi connectivity index (χ0n) is 11.2. The van der Waals surface area contributed by atoms with E-state index in [2.05, 4.69) is 0 Å². The molecule has 1 unspecified atom stereocenters. The molecular weight excluding hydrogens is 244 g/mol. The number of carbonyl (C=O) groups excluding carboxylic acids is 1. The Morgan fingerprint density at radius 1 is 1.33 bits per heavy atom. The third-order valence-corrected chi connectivity index (χ3v) is 4.49. The molecule has 1 aromatic carbocycles. The Hall–Kier alpha value is -1.22. The maximum absolute atomic E-state index is 12.5. The van der Waals surface area contributed by atoms with Crippen LogP contribution < -0.4 is 0 Å². The molecule has 0 saturated heterocycles. The standard InChI is InChI=1S/C15H20O2S/c1-4-5-15(13(3)10-11-16)18(17)14-8-6-12(2)7-9-14/h5-9,11,13H,4,10H2,1-3H3/b15-5-/t13-,18?/m1/s1. The summed E-state index contributed by atoms with van der Waals surface area (Å²) in [6.45, 7) is 5.96. The van der Waals surface area contributed by atoms with E-state index in [4.69, 9.17) is 0 Å². The summed E-state index contributed by atoms with van der Waals surface area (Å²) >= 11 is 0. The molecule has 98 valence electrons. The molecule has 1 rings (SSSR count). The van der Waals surface area contributed by atoms with Crippen LogP contribution >= 0.6 is 0 Å². The summed E-state index contributed by atoms with van der Waals surface area (Å²) in [5, 5.41) is 0. The number of rotatable bonds is 6. The first-order chi connectivity index (χ1) is 8.60. The van der Waals surface area contributed by atoms with E-state index in [0.29, 0.717) is 6.42 Å². The van der Waals surface area contributed by atoms with Crippen LogP contribution in [0.5, 0.6) is 0 Å². The minimum Gasteiger partial charge on any atom is -0.303 e. The number of aldehydes is 1. The highest BCUT2D eigenvalue weighted by Crippen LogP contribution is 2.24. The second-order valence-electron chi connectivity index (χ2n) is 4.40. The van der Waals surface area contributed by atoms with Crippen LogP contribution in [0.4, 0.5) is 0 Å². The Balaban J connectivity index is 2.99. The minimum absolute atomic E-state index is 0.0320. The van der Waals surface area contributed by atoms with E-state index in [9.17, 15) is 9.00 Å². The van der Waals surface area contributed by atoms with Crippen LogP contribution in [0.3, 0.4) is 0 Å². The predicted octanol–water partition coefficient (Wildman–Crippen LogP) is 3.62. The number of hydrogen-bond donors (Lipinski definition) is 0. The van der Waals surface area contributed by atoms with Crippen LogP contribution in [0.15, 0.2) is 40.1 Å². The van der Waals surface area contributed by atoms with Gasteiger partial charge in [-0.1, -0.05) is 37.6 Å². The van der Waals surface area contributed by atoms with Gasteiger partial charge in [0.1, 0.15) is 6.29 Å². The molecule has 0 heterocycles. The van der Waals surface area contributed by atoms with Gasteiger partial charge in [0.15, 0.2) is 0 Å². The van der Waals surface area contributed by atoms with E-state index in [0.717, 1.165) is 28.1 Å². The third kappa shape index (κ3) is 3.91. The Morgan fingerprint density at radius 2 is 1.94 bits per heavy atom. The van der Waals surface area contributed by atoms with Crippen LogP contribution in [-0.4, -0.2) is 10.5 Å². The van der Waals surface area contributed by atoms with Crippen molar-refractivity contribution in [2.24, 2.45) is 5.92 Å². The van der Waals surface area contributed by atoms with Crippen molar-refractivity contribution in [1.82, 2.24) is 0 Å². The molecule has 0 aliphatic rings. The SMILES string of the molecule is CC/C=C(/[C@H](C)CC=O)S(=O)c1ccc(C)cc1. The van der Waals surface area contributed by atoms with Gasteiger partial charge in [-0.3, -0.25) is 0 Å². The summed E-state index contributed by atoms with van der Waals surface area (Å²) in [6, 6.07) is 7.70. The van der Waals surface area contributed by atoms with Crippen molar-refractivity contribution in [3.05, 3.63) is 40.8 Å². The Bertz CT molecular complexity index is 446. The molecule has 0 radical (unpaired) electrons. The maximum atomic E-state index is 12.5. The number of allylic oxidation sites excluding steroid dienone is 2. The van der Waals surface area contributed by atoms with Gasteiger partial charge in [-0.2, -0.15) is 0 Å². The minimum atomic E-state index is -1.16. The zero-order chi connectivity index (χ0) is 13.5. The van der Waals surface area contributed by atoms with Crippen molar-refractivity contribution in [2.75, 3.05) is 0 Å². The lowest BCUT2D eigenvalue weighted by Gasteiger charge is -2.13. The first kappa shape index (κ1) is 14.8. The topological polar surface area (TPSA) is 34.1 Å². The fraction of sp³-hybridized carbons (Fsp3) is 0.400. The Kier molecular flexibility index (Phi) is 5.99. The van der Waals surface area contributed by atoms with Crippen molar-refractivity contribution in [3.8, 4) is 0 Å². The quantitative estimate of drug-likeness (QED) is 0.735. The van der Waals surface area contributed by atoms with Crippen molar-refractivity contribution in [3.63, 3.8) is 0 Å². The normalized spacial score (nSPS) is 15.2. The van der Waals surface area contributed by atoms with Gasteiger partial charge < -0.3 is 4.79 Å². The summed E-state index contributed by atoms with van der Waals surface area (Å²) in [5.74, 6) is 0.0320. The van der Waals surface area contributed by atoms with E-state index in [1.807, 2.05) is 51.1 Å². The fourth-order valence-corrected chi connectivity index (χ4v) is 3.15. The van der Waals surface area contributed by atoms with Crippen LogP contribution in [0.2, 0.25) is 0 Å². The van der Waals surface area contributed by atoms with Crippen molar-refractivity contribution >= 4 is 17.1 Å². The number of hydrogen-bond acceptors (Lipinski definition) is 2. The molecule has 0 N–H and O–H groups in total. The predicted molar refractivity (Wildman–Crippen MR) is 75.8 cm³/mol. The molecule has 0 aromatic heterocycles. The van der Waals surface area contributed by atoms with Crippen LogP contribution in [0, 0.1) is 12.8 Å². The summed E-state index contributed by atoms with van der Waals surface area (Å²) < 4.78 is 12.5. The first-order valence-electron chi connectivity index (χ1n) is 6.22. The molecule has 0 aliphatic heterocycles. The lowest BCUT2D eigenvalue weighted by Crippen LogP contribution is -2.07. The van der Waals surface area contributed by atoms with E-state index < -0.39 is 10.8 Å². The molecule has 2 atom stereocenters. The zero-order valence-corrected chi connectivity index (χ0v) is 12.0. The molecule has 0 amide bonds. The van der Waals surface area contributed by atoms with Gasteiger partial charge >= 0.3 is 0 Å². The van der Waals surface area contributed by atoms with Gasteiger partial charge in [0.25, 0.3) is 0 Å². The van der Waals surface area contributed by atoms with Crippen LogP contribution in [-0.2, 0) is 15.6 Å². The molecule has 18 heavy (non-hydrogen) atoms. The number of aryl methyl sites for hydroxylation is 1. The van der Waals surface area contributed by atoms with Gasteiger partial charge in [0, 0.05) is 16.2 Å². The molecule has 3 heteroatoms. The second-order valence-corrected chi connectivity index (χ2v) is 5.88. The molecule has 0 fully saturated rings. The van der Waals surface area contributed by atoms with E-state index in [-0.39, 0.29) is 5.92 Å². The van der Waals surface area contributed by atoms with Crippen molar-refractivity contribution < 1.29 is 9.00 Å². The maximum Gasteiger partial charge on any atom is 0.120 e. The molecule has 0 saturated carbocycles. The molecule has 1 aromatic rings. The van der Waals surface area contributed by atoms with E-state index in [1.54, 1.807) is 0 Å². The fourth-order valence-electron chi connectivity index (χ4n) is 1.72. The van der Waals surface area contributed by atoms with Gasteiger partial charge in [0.2, 0.25) is 0 Å². The summed E-state index contributed by atoms with van der Waals surface area (Å²) in [7, 11) is -1.16. The molecule has 0 aliphatic carbocycles. The number of carbonyl (C=O) groups is 1. The van der Waals surface area contributed by atoms with Gasteiger partial charge in [0.05, 0.1) is 10.8 Å². The number of benzene rings is 1. The average Bonchev–Trinajstić information content (AvgIpc) is 2.36. The highest BCUT2D eigenvalue weighted by molar-refractivity contribution is 7.89. The summed E-state index contributed by atoms with van der Waals surface area (Å²) in [5.41, 5.74) is 1.15. The molecular formula is C15H20O2S. The first-order valence-corrected chi connectivity index (χ1v) is 7.37. The lowest BCUT2D eigenvalue weighted by molar-refractivity contribution is -0.108. The second kappa shape index (κ2) is 7.27. The molecule has 0 spiro atoms. The van der Waals surface area contributed by atoms with Gasteiger partial charge in [-0.25, -0.2) is 4.21 Å².